The number of hydrogen-bond donors (Lipinski definition) is 1. The smallest absolute Gasteiger partial charge is 0.269 e. The van der Waals surface area contributed by atoms with Gasteiger partial charge in [0.05, 0.1) is 16.2 Å². The van der Waals surface area contributed by atoms with E-state index in [1.807, 2.05) is 0 Å². The van der Waals surface area contributed by atoms with E-state index in [-0.39, 0.29) is 17.1 Å². The minimum Gasteiger partial charge on any atom is -0.386 e. The van der Waals surface area contributed by atoms with Crippen molar-refractivity contribution in [2.24, 2.45) is 10.7 Å². The zero-order chi connectivity index (χ0) is 14.0. The van der Waals surface area contributed by atoms with E-state index >= 15 is 0 Å². The summed E-state index contributed by atoms with van der Waals surface area (Å²) in [5.74, 6) is -0.131. The number of benzene rings is 1. The van der Waals surface area contributed by atoms with Crippen molar-refractivity contribution in [1.29, 1.82) is 0 Å². The number of amidine groups is 1. The Morgan fingerprint density at radius 3 is 2.89 bits per heavy atom. The Balaban J connectivity index is 2.35. The predicted octanol–water partition coefficient (Wildman–Crippen LogP) is 2.22. The average molecular weight is 287 g/mol. The van der Waals surface area contributed by atoms with E-state index in [1.54, 1.807) is 0 Å². The summed E-state index contributed by atoms with van der Waals surface area (Å²) >= 11 is 1.23. The molecule has 2 unspecified atom stereocenters. The summed E-state index contributed by atoms with van der Waals surface area (Å²) in [7, 11) is 0. The molecule has 0 aromatic heterocycles. The van der Waals surface area contributed by atoms with Gasteiger partial charge in [0.2, 0.25) is 0 Å². The van der Waals surface area contributed by atoms with Crippen LogP contribution in [-0.2, 0) is 0 Å². The molecule has 0 spiro atoms. The lowest BCUT2D eigenvalue weighted by Crippen LogP contribution is -2.33. The molecule has 1 aromatic carbocycles. The molecule has 1 aromatic rings. The standard InChI is InChI=1S/C11H11F2N3O2S/c12-4-10-11(14)15-9(5-19-10)7-3-6(16(17)18)1-2-8(7)13/h1-3,9-10H,4-5H2,(H2,14,15). The van der Waals surface area contributed by atoms with Crippen molar-refractivity contribution in [2.75, 3.05) is 12.4 Å². The summed E-state index contributed by atoms with van der Waals surface area (Å²) in [6.45, 7) is -0.635. The van der Waals surface area contributed by atoms with Crippen LogP contribution in [0.15, 0.2) is 23.2 Å². The minimum atomic E-state index is -0.635. The summed E-state index contributed by atoms with van der Waals surface area (Å²) in [5.41, 5.74) is 5.51. The maximum atomic E-state index is 13.7. The van der Waals surface area contributed by atoms with Crippen LogP contribution in [0, 0.1) is 15.9 Å². The van der Waals surface area contributed by atoms with E-state index in [0.717, 1.165) is 18.2 Å². The molecular weight excluding hydrogens is 276 g/mol. The molecule has 102 valence electrons. The lowest BCUT2D eigenvalue weighted by molar-refractivity contribution is -0.385. The first-order valence-corrected chi connectivity index (χ1v) is 6.52. The predicted molar refractivity (Wildman–Crippen MR) is 69.6 cm³/mol. The molecule has 0 saturated heterocycles. The van der Waals surface area contributed by atoms with E-state index in [2.05, 4.69) is 4.99 Å². The average Bonchev–Trinajstić information content (AvgIpc) is 2.38. The molecule has 0 radical (unpaired) electrons. The SMILES string of the molecule is NC1=NC(c2cc([N+](=O)[O-])ccc2F)CSC1CF. The second kappa shape index (κ2) is 5.52. The van der Waals surface area contributed by atoms with Gasteiger partial charge in [0.25, 0.3) is 5.69 Å². The molecule has 8 heteroatoms. The van der Waals surface area contributed by atoms with E-state index in [9.17, 15) is 18.9 Å². The zero-order valence-electron chi connectivity index (χ0n) is 9.75. The van der Waals surface area contributed by atoms with Gasteiger partial charge in [-0.05, 0) is 6.07 Å². The van der Waals surface area contributed by atoms with Gasteiger partial charge in [0.15, 0.2) is 0 Å². The third-order valence-corrected chi connectivity index (χ3v) is 4.06. The van der Waals surface area contributed by atoms with Crippen molar-refractivity contribution in [3.63, 3.8) is 0 Å². The number of rotatable bonds is 3. The number of non-ortho nitro benzene ring substituents is 1. The molecule has 1 aliphatic heterocycles. The monoisotopic (exact) mass is 287 g/mol. The summed E-state index contributed by atoms with van der Waals surface area (Å²) in [4.78, 5) is 14.1. The zero-order valence-corrected chi connectivity index (χ0v) is 10.6. The molecule has 5 nitrogen and oxygen atoms in total. The van der Waals surface area contributed by atoms with Crippen LogP contribution < -0.4 is 5.73 Å². The maximum Gasteiger partial charge on any atom is 0.269 e. The van der Waals surface area contributed by atoms with Gasteiger partial charge < -0.3 is 5.73 Å². The topological polar surface area (TPSA) is 81.5 Å². The molecule has 2 rings (SSSR count). The summed E-state index contributed by atoms with van der Waals surface area (Å²) in [5, 5.41) is 10.2. The summed E-state index contributed by atoms with van der Waals surface area (Å²) in [6, 6.07) is 2.65. The van der Waals surface area contributed by atoms with Gasteiger partial charge in [0.1, 0.15) is 18.3 Å². The highest BCUT2D eigenvalue weighted by molar-refractivity contribution is 8.00. The van der Waals surface area contributed by atoms with Crippen LogP contribution in [0.2, 0.25) is 0 Å². The highest BCUT2D eigenvalue weighted by atomic mass is 32.2. The Kier molecular flexibility index (Phi) is 3.98. The molecule has 0 bridgehead atoms. The molecule has 19 heavy (non-hydrogen) atoms. The second-order valence-corrected chi connectivity index (χ2v) is 5.24. The molecule has 0 fully saturated rings. The molecule has 1 aliphatic rings. The van der Waals surface area contributed by atoms with Gasteiger partial charge in [0, 0.05) is 23.4 Å². The van der Waals surface area contributed by atoms with Crippen LogP contribution in [0.3, 0.4) is 0 Å². The number of nitro groups is 1. The van der Waals surface area contributed by atoms with Gasteiger partial charge in [-0.2, -0.15) is 0 Å². The highest BCUT2D eigenvalue weighted by Gasteiger charge is 2.27. The second-order valence-electron chi connectivity index (χ2n) is 4.01. The van der Waals surface area contributed by atoms with Gasteiger partial charge in [-0.3, -0.25) is 15.1 Å². The van der Waals surface area contributed by atoms with E-state index in [4.69, 9.17) is 5.73 Å². The number of aliphatic imine (C=N–C) groups is 1. The number of nitro benzene ring substituents is 1. The quantitative estimate of drug-likeness (QED) is 0.682. The van der Waals surface area contributed by atoms with Crippen LogP contribution in [-0.4, -0.2) is 28.4 Å². The number of thioether (sulfide) groups is 1. The van der Waals surface area contributed by atoms with Crippen molar-refractivity contribution in [1.82, 2.24) is 0 Å². The van der Waals surface area contributed by atoms with Gasteiger partial charge >= 0.3 is 0 Å². The molecule has 0 saturated carbocycles. The van der Waals surface area contributed by atoms with Crippen molar-refractivity contribution in [2.45, 2.75) is 11.3 Å². The van der Waals surface area contributed by atoms with Crippen LogP contribution in [0.1, 0.15) is 11.6 Å². The largest absolute Gasteiger partial charge is 0.386 e. The third-order valence-electron chi connectivity index (χ3n) is 2.78. The van der Waals surface area contributed by atoms with Gasteiger partial charge in [-0.1, -0.05) is 0 Å². The first-order valence-electron chi connectivity index (χ1n) is 5.47. The van der Waals surface area contributed by atoms with Crippen molar-refractivity contribution >= 4 is 23.3 Å². The van der Waals surface area contributed by atoms with Crippen molar-refractivity contribution in [3.8, 4) is 0 Å². The number of halogens is 2. The van der Waals surface area contributed by atoms with Crippen LogP contribution in [0.5, 0.6) is 0 Å². The number of nitrogens with zero attached hydrogens (tertiary/aromatic N) is 2. The Hall–Kier alpha value is -1.70. The Labute approximate surface area is 112 Å². The minimum absolute atomic E-state index is 0.106. The molecule has 2 N–H and O–H groups in total. The fourth-order valence-electron chi connectivity index (χ4n) is 1.78. The molecular formula is C11H11F2N3O2S. The van der Waals surface area contributed by atoms with Gasteiger partial charge in [-0.25, -0.2) is 8.78 Å². The van der Waals surface area contributed by atoms with E-state index in [0.29, 0.717) is 5.75 Å². The van der Waals surface area contributed by atoms with Crippen LogP contribution >= 0.6 is 11.8 Å². The van der Waals surface area contributed by atoms with Crippen molar-refractivity contribution < 1.29 is 13.7 Å². The van der Waals surface area contributed by atoms with E-state index in [1.165, 1.54) is 11.8 Å². The Bertz CT molecular complexity index is 539. The van der Waals surface area contributed by atoms with Crippen LogP contribution in [0.4, 0.5) is 14.5 Å². The van der Waals surface area contributed by atoms with Crippen LogP contribution in [0.25, 0.3) is 0 Å². The number of nitrogens with two attached hydrogens (primary N) is 1. The maximum absolute atomic E-state index is 13.7. The first-order chi connectivity index (χ1) is 9.02. The highest BCUT2D eigenvalue weighted by Crippen LogP contribution is 2.33. The number of alkyl halides is 1. The fraction of sp³-hybridized carbons (Fsp3) is 0.364. The van der Waals surface area contributed by atoms with Gasteiger partial charge in [-0.15, -0.1) is 11.8 Å². The van der Waals surface area contributed by atoms with Crippen molar-refractivity contribution in [3.05, 3.63) is 39.7 Å². The molecule has 0 amide bonds. The first kappa shape index (κ1) is 13.7. The molecule has 1 heterocycles. The lowest BCUT2D eigenvalue weighted by Gasteiger charge is -2.24. The lowest BCUT2D eigenvalue weighted by atomic mass is 10.1. The van der Waals surface area contributed by atoms with E-state index < -0.39 is 28.7 Å². The summed E-state index contributed by atoms with van der Waals surface area (Å²) in [6.07, 6.45) is 0. The molecule has 0 aliphatic carbocycles. The Morgan fingerprint density at radius 2 is 2.32 bits per heavy atom. The third kappa shape index (κ3) is 2.83. The normalized spacial score (nSPS) is 22.9. The fourth-order valence-corrected chi connectivity index (χ4v) is 2.77. The Morgan fingerprint density at radius 1 is 1.58 bits per heavy atom. The number of hydrogen-bond acceptors (Lipinski definition) is 5. The molecule has 2 atom stereocenters. The summed E-state index contributed by atoms with van der Waals surface area (Å²) < 4.78 is 26.3.